The van der Waals surface area contributed by atoms with Gasteiger partial charge in [-0.05, 0) is 38.0 Å². The lowest BCUT2D eigenvalue weighted by Crippen LogP contribution is -2.23. The summed E-state index contributed by atoms with van der Waals surface area (Å²) in [5, 5.41) is 0.888. The maximum absolute atomic E-state index is 13.2. The van der Waals surface area contributed by atoms with Crippen LogP contribution >= 0.6 is 0 Å². The number of nitrogens with zero attached hydrogens (tertiary/aromatic N) is 1. The first-order valence-corrected chi connectivity index (χ1v) is 11.9. The molecule has 5 nitrogen and oxygen atoms in total. The molecule has 0 saturated heterocycles. The Bertz CT molecular complexity index is 829. The summed E-state index contributed by atoms with van der Waals surface area (Å²) < 4.78 is 13.9. The molecule has 0 unspecified atom stereocenters. The summed E-state index contributed by atoms with van der Waals surface area (Å²) in [7, 11) is 0. The molecule has 2 rings (SSSR count). The molecule has 30 heavy (non-hydrogen) atoms. The van der Waals surface area contributed by atoms with E-state index < -0.39 is 0 Å². The number of aromatic nitrogens is 1. The molecule has 0 amide bonds. The van der Waals surface area contributed by atoms with E-state index >= 15 is 0 Å². The van der Waals surface area contributed by atoms with E-state index in [4.69, 9.17) is 15.2 Å². The molecule has 168 valence electrons. The van der Waals surface area contributed by atoms with Crippen molar-refractivity contribution in [2.45, 2.75) is 91.5 Å². The van der Waals surface area contributed by atoms with Crippen LogP contribution in [0.15, 0.2) is 23.0 Å². The number of hydrogen-bond donors (Lipinski definition) is 1. The lowest BCUT2D eigenvalue weighted by Gasteiger charge is -2.18. The third-order valence-corrected chi connectivity index (χ3v) is 5.51. The van der Waals surface area contributed by atoms with Gasteiger partial charge in [0.1, 0.15) is 0 Å². The SMILES string of the molecule is CCCCCCCCOc1c(OCCCCCC)c2ccc(N)cc2n(CC)c1=O. The normalized spacial score (nSPS) is 11.2. The number of hydrogen-bond acceptors (Lipinski definition) is 4. The number of benzene rings is 1. The summed E-state index contributed by atoms with van der Waals surface area (Å²) in [4.78, 5) is 13.2. The van der Waals surface area contributed by atoms with Gasteiger partial charge >= 0.3 is 0 Å². The van der Waals surface area contributed by atoms with Crippen molar-refractivity contribution in [3.63, 3.8) is 0 Å². The van der Waals surface area contributed by atoms with Gasteiger partial charge in [0.25, 0.3) is 5.56 Å². The number of unbranched alkanes of at least 4 members (excludes halogenated alkanes) is 8. The van der Waals surface area contributed by atoms with Gasteiger partial charge in [-0.1, -0.05) is 65.2 Å². The van der Waals surface area contributed by atoms with E-state index in [1.165, 1.54) is 38.5 Å². The van der Waals surface area contributed by atoms with Gasteiger partial charge in [-0.15, -0.1) is 0 Å². The average molecular weight is 417 g/mol. The Hall–Kier alpha value is -2.17. The van der Waals surface area contributed by atoms with Crippen molar-refractivity contribution in [3.05, 3.63) is 28.6 Å². The monoisotopic (exact) mass is 416 g/mol. The molecule has 0 saturated carbocycles. The van der Waals surface area contributed by atoms with Gasteiger partial charge in [-0.25, -0.2) is 0 Å². The molecule has 1 aromatic carbocycles. The highest BCUT2D eigenvalue weighted by Crippen LogP contribution is 2.34. The second-order valence-corrected chi connectivity index (χ2v) is 8.01. The first-order chi connectivity index (χ1) is 14.6. The predicted molar refractivity (Wildman–Crippen MR) is 127 cm³/mol. The third kappa shape index (κ3) is 6.68. The first kappa shape index (κ1) is 24.1. The van der Waals surface area contributed by atoms with Gasteiger partial charge in [0, 0.05) is 17.6 Å². The minimum atomic E-state index is -0.134. The van der Waals surface area contributed by atoms with Crippen molar-refractivity contribution in [3.8, 4) is 11.5 Å². The fourth-order valence-electron chi connectivity index (χ4n) is 3.76. The lowest BCUT2D eigenvalue weighted by molar-refractivity contribution is 0.256. The van der Waals surface area contributed by atoms with Crippen LogP contribution in [0, 0.1) is 0 Å². The maximum Gasteiger partial charge on any atom is 0.297 e. The van der Waals surface area contributed by atoms with Crippen molar-refractivity contribution in [1.29, 1.82) is 0 Å². The second-order valence-electron chi connectivity index (χ2n) is 8.01. The number of fused-ring (bicyclic) bond motifs is 1. The topological polar surface area (TPSA) is 66.5 Å². The molecule has 0 bridgehead atoms. The molecular weight excluding hydrogens is 376 g/mol. The first-order valence-electron chi connectivity index (χ1n) is 11.9. The van der Waals surface area contributed by atoms with Crippen molar-refractivity contribution in [2.24, 2.45) is 0 Å². The van der Waals surface area contributed by atoms with E-state index in [9.17, 15) is 4.79 Å². The Kier molecular flexibility index (Phi) is 10.6. The summed E-state index contributed by atoms with van der Waals surface area (Å²) >= 11 is 0. The highest BCUT2D eigenvalue weighted by molar-refractivity contribution is 5.90. The molecule has 0 fully saturated rings. The molecule has 0 aliphatic carbocycles. The minimum Gasteiger partial charge on any atom is -0.489 e. The lowest BCUT2D eigenvalue weighted by atomic mass is 10.1. The fourth-order valence-corrected chi connectivity index (χ4v) is 3.76. The highest BCUT2D eigenvalue weighted by Gasteiger charge is 2.19. The van der Waals surface area contributed by atoms with Gasteiger partial charge in [0.15, 0.2) is 5.75 Å². The van der Waals surface area contributed by atoms with Crippen LogP contribution in [0.2, 0.25) is 0 Å². The van der Waals surface area contributed by atoms with Crippen LogP contribution in [0.4, 0.5) is 5.69 Å². The van der Waals surface area contributed by atoms with Crippen LogP contribution in [0.5, 0.6) is 11.5 Å². The summed E-state index contributed by atoms with van der Waals surface area (Å²) in [6, 6.07) is 5.64. The maximum atomic E-state index is 13.2. The van der Waals surface area contributed by atoms with E-state index in [-0.39, 0.29) is 5.56 Å². The number of nitrogens with two attached hydrogens (primary N) is 1. The number of pyridine rings is 1. The molecule has 0 radical (unpaired) electrons. The van der Waals surface area contributed by atoms with E-state index in [0.717, 1.165) is 36.6 Å². The van der Waals surface area contributed by atoms with Crippen LogP contribution in [0.25, 0.3) is 10.9 Å². The van der Waals surface area contributed by atoms with Crippen LogP contribution in [0.3, 0.4) is 0 Å². The number of ether oxygens (including phenoxy) is 2. The van der Waals surface area contributed by atoms with Crippen molar-refractivity contribution in [1.82, 2.24) is 4.57 Å². The standard InChI is InChI=1S/C25H40N2O3/c1-4-7-9-11-12-14-18-30-24-23(29-17-13-10-8-5-2)21-16-15-20(26)19-22(21)27(6-3)25(24)28/h15-16,19H,4-14,17-18,26H2,1-3H3. The smallest absolute Gasteiger partial charge is 0.297 e. The molecule has 0 spiro atoms. The number of anilines is 1. The van der Waals surface area contributed by atoms with Crippen LogP contribution < -0.4 is 20.8 Å². The molecule has 1 aromatic heterocycles. The summed E-state index contributed by atoms with van der Waals surface area (Å²) in [5.74, 6) is 0.917. The van der Waals surface area contributed by atoms with E-state index in [2.05, 4.69) is 13.8 Å². The molecule has 0 atom stereocenters. The van der Waals surface area contributed by atoms with E-state index in [1.54, 1.807) is 4.57 Å². The molecule has 2 aromatic rings. The molecule has 0 aliphatic rings. The Morgan fingerprint density at radius 2 is 1.37 bits per heavy atom. The predicted octanol–water partition coefficient (Wildman–Crippen LogP) is 6.30. The number of rotatable bonds is 15. The van der Waals surface area contributed by atoms with Gasteiger partial charge in [-0.3, -0.25) is 4.79 Å². The molecule has 0 aliphatic heterocycles. The fraction of sp³-hybridized carbons (Fsp3) is 0.640. The number of nitrogen functional groups attached to an aromatic ring is 1. The second kappa shape index (κ2) is 13.2. The van der Waals surface area contributed by atoms with Crippen molar-refractivity contribution >= 4 is 16.6 Å². The Morgan fingerprint density at radius 1 is 0.800 bits per heavy atom. The minimum absolute atomic E-state index is 0.134. The van der Waals surface area contributed by atoms with E-state index in [1.807, 2.05) is 25.1 Å². The Labute approximate surface area is 181 Å². The zero-order chi connectivity index (χ0) is 21.8. The Morgan fingerprint density at radius 3 is 2.00 bits per heavy atom. The molecule has 1 heterocycles. The van der Waals surface area contributed by atoms with Gasteiger partial charge in [0.05, 0.1) is 18.7 Å². The molecule has 2 N–H and O–H groups in total. The zero-order valence-corrected chi connectivity index (χ0v) is 19.2. The van der Waals surface area contributed by atoms with E-state index in [0.29, 0.717) is 36.9 Å². The van der Waals surface area contributed by atoms with Gasteiger partial charge in [-0.2, -0.15) is 0 Å². The number of aryl methyl sites for hydroxylation is 1. The molecular formula is C25H40N2O3. The average Bonchev–Trinajstić information content (AvgIpc) is 2.74. The van der Waals surface area contributed by atoms with Crippen LogP contribution in [0.1, 0.15) is 85.0 Å². The Balaban J connectivity index is 2.23. The van der Waals surface area contributed by atoms with Gasteiger partial charge in [0.2, 0.25) is 5.75 Å². The summed E-state index contributed by atoms with van der Waals surface area (Å²) in [6.45, 7) is 8.06. The van der Waals surface area contributed by atoms with Crippen LogP contribution in [-0.2, 0) is 6.54 Å². The van der Waals surface area contributed by atoms with Crippen molar-refractivity contribution in [2.75, 3.05) is 18.9 Å². The largest absolute Gasteiger partial charge is 0.489 e. The van der Waals surface area contributed by atoms with Crippen molar-refractivity contribution < 1.29 is 9.47 Å². The zero-order valence-electron chi connectivity index (χ0n) is 19.2. The van der Waals surface area contributed by atoms with Gasteiger partial charge < -0.3 is 19.8 Å². The highest BCUT2D eigenvalue weighted by atomic mass is 16.5. The van der Waals surface area contributed by atoms with Crippen LogP contribution in [-0.4, -0.2) is 17.8 Å². The summed E-state index contributed by atoms with van der Waals surface area (Å²) in [5.41, 5.74) is 7.31. The molecule has 5 heteroatoms. The quantitative estimate of drug-likeness (QED) is 0.273. The summed E-state index contributed by atoms with van der Waals surface area (Å²) in [6.07, 6.45) is 11.6. The third-order valence-electron chi connectivity index (χ3n) is 5.51.